The Morgan fingerprint density at radius 1 is 1.35 bits per heavy atom. The van der Waals surface area contributed by atoms with Gasteiger partial charge in [-0.3, -0.25) is 4.79 Å². The molecule has 1 aromatic carbocycles. The fourth-order valence-corrected chi connectivity index (χ4v) is 3.39. The van der Waals surface area contributed by atoms with E-state index in [1.807, 2.05) is 0 Å². The summed E-state index contributed by atoms with van der Waals surface area (Å²) in [6.07, 6.45) is 3.27. The Labute approximate surface area is 143 Å². The van der Waals surface area contributed by atoms with Crippen LogP contribution in [0.3, 0.4) is 0 Å². The first kappa shape index (κ1) is 17.7. The van der Waals surface area contributed by atoms with Gasteiger partial charge in [0.2, 0.25) is 11.0 Å². The van der Waals surface area contributed by atoms with Gasteiger partial charge in [-0.25, -0.2) is 4.39 Å². The minimum Gasteiger partial charge on any atom is -0.355 e. The van der Waals surface area contributed by atoms with Gasteiger partial charge in [-0.05, 0) is 24.6 Å². The number of nitrogens with one attached hydrogen (secondary N) is 2. The summed E-state index contributed by atoms with van der Waals surface area (Å²) in [7, 11) is 0. The topological polar surface area (TPSA) is 66.9 Å². The summed E-state index contributed by atoms with van der Waals surface area (Å²) in [6.45, 7) is 2.85. The maximum absolute atomic E-state index is 13.1. The third-order valence-corrected chi connectivity index (χ3v) is 4.88. The molecule has 0 aliphatic heterocycles. The molecule has 0 atom stereocenters. The Hall–Kier alpha value is -1.67. The number of aromatic nitrogens is 2. The third-order valence-electron chi connectivity index (χ3n) is 2.91. The van der Waals surface area contributed by atoms with Gasteiger partial charge in [0, 0.05) is 12.2 Å². The molecule has 1 aromatic heterocycles. The summed E-state index contributed by atoms with van der Waals surface area (Å²) in [5, 5.41) is 14.4. The van der Waals surface area contributed by atoms with Gasteiger partial charge in [-0.15, -0.1) is 10.2 Å². The molecule has 0 spiro atoms. The molecule has 0 saturated carbocycles. The minimum atomic E-state index is -0.311. The number of unbranched alkanes of at least 4 members (excludes halogenated alkanes) is 2. The fourth-order valence-electron chi connectivity index (χ4n) is 1.79. The second kappa shape index (κ2) is 9.46. The number of carbonyl (C=O) groups excluding carboxylic acids is 1. The Balaban J connectivity index is 1.75. The Kier molecular flexibility index (Phi) is 7.28. The van der Waals surface area contributed by atoms with Crippen molar-refractivity contribution in [2.75, 3.05) is 17.6 Å². The normalized spacial score (nSPS) is 10.5. The van der Waals surface area contributed by atoms with Gasteiger partial charge in [-0.1, -0.05) is 48.9 Å². The van der Waals surface area contributed by atoms with Gasteiger partial charge in [0.15, 0.2) is 4.34 Å². The second-order valence-corrected chi connectivity index (χ2v) is 7.05. The van der Waals surface area contributed by atoms with E-state index >= 15 is 0 Å². The van der Waals surface area contributed by atoms with Crippen LogP contribution < -0.4 is 10.6 Å². The van der Waals surface area contributed by atoms with Crippen molar-refractivity contribution in [2.24, 2.45) is 0 Å². The highest BCUT2D eigenvalue weighted by molar-refractivity contribution is 8.01. The van der Waals surface area contributed by atoms with E-state index in [0.29, 0.717) is 20.9 Å². The van der Waals surface area contributed by atoms with Crippen LogP contribution in [0, 0.1) is 5.82 Å². The number of amides is 1. The largest absolute Gasteiger partial charge is 0.355 e. The first-order chi connectivity index (χ1) is 11.2. The number of anilines is 2. The van der Waals surface area contributed by atoms with Gasteiger partial charge < -0.3 is 10.6 Å². The molecule has 1 amide bonds. The molecular weight excluding hydrogens is 335 g/mol. The lowest BCUT2D eigenvalue weighted by molar-refractivity contribution is -0.118. The van der Waals surface area contributed by atoms with E-state index in [1.54, 1.807) is 12.1 Å². The maximum atomic E-state index is 13.1. The molecule has 2 aromatic rings. The van der Waals surface area contributed by atoms with Crippen molar-refractivity contribution in [3.8, 4) is 0 Å². The molecule has 5 nitrogen and oxygen atoms in total. The first-order valence-electron chi connectivity index (χ1n) is 7.43. The third kappa shape index (κ3) is 6.54. The Morgan fingerprint density at radius 2 is 2.22 bits per heavy atom. The molecule has 0 radical (unpaired) electrons. The van der Waals surface area contributed by atoms with Crippen LogP contribution in [-0.4, -0.2) is 28.4 Å². The van der Waals surface area contributed by atoms with Crippen molar-refractivity contribution in [3.05, 3.63) is 30.1 Å². The highest BCUT2D eigenvalue weighted by Gasteiger charge is 2.08. The van der Waals surface area contributed by atoms with Crippen molar-refractivity contribution in [1.29, 1.82) is 0 Å². The van der Waals surface area contributed by atoms with Crippen LogP contribution in [0.1, 0.15) is 26.2 Å². The molecule has 124 valence electrons. The zero-order valence-corrected chi connectivity index (χ0v) is 14.5. The summed E-state index contributed by atoms with van der Waals surface area (Å²) in [6, 6.07) is 6.14. The maximum Gasteiger partial charge on any atom is 0.230 e. The highest BCUT2D eigenvalue weighted by atomic mass is 32.2. The van der Waals surface area contributed by atoms with Crippen molar-refractivity contribution < 1.29 is 9.18 Å². The van der Waals surface area contributed by atoms with Crippen LogP contribution in [0.25, 0.3) is 0 Å². The molecule has 0 unspecified atom stereocenters. The van der Waals surface area contributed by atoms with Crippen LogP contribution in [0.4, 0.5) is 15.2 Å². The summed E-state index contributed by atoms with van der Waals surface area (Å²) >= 11 is 2.68. The van der Waals surface area contributed by atoms with Crippen LogP contribution in [-0.2, 0) is 4.79 Å². The molecule has 0 fully saturated rings. The van der Waals surface area contributed by atoms with Crippen molar-refractivity contribution in [1.82, 2.24) is 15.5 Å². The molecule has 2 rings (SSSR count). The summed E-state index contributed by atoms with van der Waals surface area (Å²) < 4.78 is 13.8. The van der Waals surface area contributed by atoms with E-state index in [-0.39, 0.29) is 11.7 Å². The quantitative estimate of drug-likeness (QED) is 0.529. The molecular formula is C15H19FN4OS2. The average molecular weight is 354 g/mol. The van der Waals surface area contributed by atoms with E-state index < -0.39 is 0 Å². The fraction of sp³-hybridized carbons (Fsp3) is 0.400. The molecule has 23 heavy (non-hydrogen) atoms. The zero-order valence-electron chi connectivity index (χ0n) is 12.8. The standard InChI is InChI=1S/C15H19FN4OS2/c1-2-3-4-8-17-13(21)10-22-15-20-19-14(23-15)18-12-7-5-6-11(16)9-12/h5-7,9H,2-4,8,10H2,1H3,(H,17,21)(H,18,19). The van der Waals surface area contributed by atoms with Gasteiger partial charge in [0.25, 0.3) is 0 Å². The van der Waals surface area contributed by atoms with Gasteiger partial charge in [0.05, 0.1) is 5.75 Å². The molecule has 1 heterocycles. The minimum absolute atomic E-state index is 0.000873. The van der Waals surface area contributed by atoms with E-state index in [9.17, 15) is 9.18 Å². The van der Waals surface area contributed by atoms with E-state index in [4.69, 9.17) is 0 Å². The van der Waals surface area contributed by atoms with Crippen molar-refractivity contribution >= 4 is 39.8 Å². The smallest absolute Gasteiger partial charge is 0.230 e. The van der Waals surface area contributed by atoms with Crippen LogP contribution in [0.15, 0.2) is 28.6 Å². The number of benzene rings is 1. The van der Waals surface area contributed by atoms with E-state index in [2.05, 4.69) is 27.8 Å². The predicted octanol–water partition coefficient (Wildman–Crippen LogP) is 3.82. The zero-order chi connectivity index (χ0) is 16.5. The SMILES string of the molecule is CCCCCNC(=O)CSc1nnc(Nc2cccc(F)c2)s1. The van der Waals surface area contributed by atoms with Gasteiger partial charge in [0.1, 0.15) is 5.82 Å². The number of thioether (sulfide) groups is 1. The van der Waals surface area contributed by atoms with E-state index in [0.717, 1.165) is 25.8 Å². The number of halogens is 1. The predicted molar refractivity (Wildman–Crippen MR) is 92.9 cm³/mol. The van der Waals surface area contributed by atoms with Gasteiger partial charge >= 0.3 is 0 Å². The molecule has 2 N–H and O–H groups in total. The second-order valence-electron chi connectivity index (χ2n) is 4.85. The Bertz CT molecular complexity index is 635. The molecule has 8 heteroatoms. The molecule has 0 saturated heterocycles. The monoisotopic (exact) mass is 354 g/mol. The van der Waals surface area contributed by atoms with Crippen molar-refractivity contribution in [2.45, 2.75) is 30.5 Å². The Morgan fingerprint density at radius 3 is 3.00 bits per heavy atom. The summed E-state index contributed by atoms with van der Waals surface area (Å²) in [4.78, 5) is 11.7. The first-order valence-corrected chi connectivity index (χ1v) is 9.23. The average Bonchev–Trinajstić information content (AvgIpc) is 2.97. The number of nitrogens with zero attached hydrogens (tertiary/aromatic N) is 2. The number of carbonyl (C=O) groups is 1. The number of hydrogen-bond donors (Lipinski definition) is 2. The molecule has 0 aliphatic carbocycles. The summed E-state index contributed by atoms with van der Waals surface area (Å²) in [5.74, 6) is 0.00979. The lowest BCUT2D eigenvalue weighted by atomic mass is 10.2. The molecule has 0 bridgehead atoms. The van der Waals surface area contributed by atoms with Crippen LogP contribution in [0.5, 0.6) is 0 Å². The van der Waals surface area contributed by atoms with Crippen molar-refractivity contribution in [3.63, 3.8) is 0 Å². The lowest BCUT2D eigenvalue weighted by Crippen LogP contribution is -2.26. The lowest BCUT2D eigenvalue weighted by Gasteiger charge is -2.02. The molecule has 0 aliphatic rings. The highest BCUT2D eigenvalue weighted by Crippen LogP contribution is 2.27. The van der Waals surface area contributed by atoms with Gasteiger partial charge in [-0.2, -0.15) is 0 Å². The number of rotatable bonds is 9. The summed E-state index contributed by atoms with van der Waals surface area (Å²) in [5.41, 5.74) is 0.617. The van der Waals surface area contributed by atoms with E-state index in [1.165, 1.54) is 35.2 Å². The van der Waals surface area contributed by atoms with Crippen LogP contribution in [0.2, 0.25) is 0 Å². The van der Waals surface area contributed by atoms with Crippen LogP contribution >= 0.6 is 23.1 Å². The number of hydrogen-bond acceptors (Lipinski definition) is 6.